The second-order valence-electron chi connectivity index (χ2n) is 6.45. The molecule has 0 aromatic carbocycles. The van der Waals surface area contributed by atoms with E-state index >= 15 is 0 Å². The molecule has 3 nitrogen and oxygen atoms in total. The summed E-state index contributed by atoms with van der Waals surface area (Å²) in [5.74, 6) is 1.99. The minimum Gasteiger partial charge on any atom is -0.357 e. The van der Waals surface area contributed by atoms with E-state index in [0.29, 0.717) is 6.04 Å². The zero-order valence-electron chi connectivity index (χ0n) is 12.9. The van der Waals surface area contributed by atoms with E-state index in [1.54, 1.807) is 0 Å². The first-order chi connectivity index (χ1) is 10.3. The van der Waals surface area contributed by atoms with E-state index in [1.807, 2.05) is 6.07 Å². The molecular formula is C17H26ClN3. The molecule has 1 aliphatic heterocycles. The summed E-state index contributed by atoms with van der Waals surface area (Å²) in [6.45, 7) is 5.36. The van der Waals surface area contributed by atoms with Crippen molar-refractivity contribution in [3.63, 3.8) is 0 Å². The highest BCUT2D eigenvalue weighted by Gasteiger charge is 2.21. The van der Waals surface area contributed by atoms with Crippen molar-refractivity contribution >= 4 is 17.4 Å². The van der Waals surface area contributed by atoms with Gasteiger partial charge in [-0.05, 0) is 50.2 Å². The fourth-order valence-corrected chi connectivity index (χ4v) is 3.28. The van der Waals surface area contributed by atoms with Gasteiger partial charge in [0.2, 0.25) is 0 Å². The van der Waals surface area contributed by atoms with E-state index in [0.717, 1.165) is 42.1 Å². The van der Waals surface area contributed by atoms with Crippen LogP contribution >= 0.6 is 11.6 Å². The molecule has 21 heavy (non-hydrogen) atoms. The molecule has 2 fully saturated rings. The van der Waals surface area contributed by atoms with Crippen molar-refractivity contribution in [1.29, 1.82) is 0 Å². The molecule has 1 N–H and O–H groups in total. The van der Waals surface area contributed by atoms with Crippen LogP contribution in [0.15, 0.2) is 12.1 Å². The molecular weight excluding hydrogens is 282 g/mol. The Morgan fingerprint density at radius 1 is 1.24 bits per heavy atom. The Balaban J connectivity index is 1.67. The number of anilines is 1. The molecule has 1 saturated heterocycles. The van der Waals surface area contributed by atoms with Crippen LogP contribution in [-0.2, 0) is 6.54 Å². The third kappa shape index (κ3) is 4.10. The lowest BCUT2D eigenvalue weighted by Crippen LogP contribution is -2.26. The van der Waals surface area contributed by atoms with Gasteiger partial charge in [-0.2, -0.15) is 0 Å². The van der Waals surface area contributed by atoms with Gasteiger partial charge in [-0.25, -0.2) is 4.98 Å². The lowest BCUT2D eigenvalue weighted by atomic mass is 9.98. The maximum absolute atomic E-state index is 6.30. The van der Waals surface area contributed by atoms with Gasteiger partial charge in [0.15, 0.2) is 0 Å². The van der Waals surface area contributed by atoms with E-state index in [9.17, 15) is 0 Å². The number of rotatable bonds is 5. The van der Waals surface area contributed by atoms with Gasteiger partial charge < -0.3 is 10.2 Å². The van der Waals surface area contributed by atoms with Crippen LogP contribution in [-0.4, -0.2) is 24.1 Å². The number of aromatic nitrogens is 1. The first kappa shape index (κ1) is 15.1. The summed E-state index contributed by atoms with van der Waals surface area (Å²) < 4.78 is 0. The van der Waals surface area contributed by atoms with Crippen LogP contribution in [0, 0.1) is 5.92 Å². The molecule has 0 radical (unpaired) electrons. The van der Waals surface area contributed by atoms with Crippen molar-refractivity contribution < 1.29 is 0 Å². The van der Waals surface area contributed by atoms with Crippen LogP contribution in [0.25, 0.3) is 0 Å². The molecule has 1 aromatic heterocycles. The fraction of sp³-hybridized carbons (Fsp3) is 0.706. The van der Waals surface area contributed by atoms with Gasteiger partial charge in [0.05, 0.1) is 10.7 Å². The standard InChI is InChI=1S/C17H26ClN3/c1-2-13-4-3-10-21(11-9-13)17-8-7-15(18)16(20-17)12-19-14-5-6-14/h7-8,13-14,19H,2-6,9-12H2,1H3. The highest BCUT2D eigenvalue weighted by Crippen LogP contribution is 2.26. The minimum absolute atomic E-state index is 0.690. The monoisotopic (exact) mass is 307 g/mol. The van der Waals surface area contributed by atoms with Crippen LogP contribution in [0.1, 0.15) is 51.1 Å². The van der Waals surface area contributed by atoms with Crippen molar-refractivity contribution in [3.8, 4) is 0 Å². The largest absolute Gasteiger partial charge is 0.357 e. The van der Waals surface area contributed by atoms with Gasteiger partial charge in [-0.15, -0.1) is 0 Å². The van der Waals surface area contributed by atoms with Crippen molar-refractivity contribution in [2.45, 2.75) is 58.0 Å². The first-order valence-corrected chi connectivity index (χ1v) is 8.78. The Morgan fingerprint density at radius 3 is 2.86 bits per heavy atom. The number of hydrogen-bond donors (Lipinski definition) is 1. The third-order valence-corrected chi connectivity index (χ3v) is 5.13. The summed E-state index contributed by atoms with van der Waals surface area (Å²) in [6, 6.07) is 4.78. The summed E-state index contributed by atoms with van der Waals surface area (Å²) >= 11 is 6.30. The number of hydrogen-bond acceptors (Lipinski definition) is 3. The number of nitrogens with zero attached hydrogens (tertiary/aromatic N) is 2. The Labute approximate surface area is 133 Å². The van der Waals surface area contributed by atoms with E-state index < -0.39 is 0 Å². The van der Waals surface area contributed by atoms with E-state index in [1.165, 1.54) is 38.5 Å². The lowest BCUT2D eigenvalue weighted by Gasteiger charge is -2.22. The summed E-state index contributed by atoms with van der Waals surface area (Å²) in [5.41, 5.74) is 0.998. The average Bonchev–Trinajstić information content (AvgIpc) is 3.33. The van der Waals surface area contributed by atoms with Crippen molar-refractivity contribution in [1.82, 2.24) is 10.3 Å². The smallest absolute Gasteiger partial charge is 0.128 e. The van der Waals surface area contributed by atoms with Gasteiger partial charge in [0, 0.05) is 25.7 Å². The SMILES string of the molecule is CCC1CCCN(c2ccc(Cl)c(CNC3CC3)n2)CC1. The van der Waals surface area contributed by atoms with Crippen LogP contribution < -0.4 is 10.2 Å². The molecule has 0 bridgehead atoms. The maximum Gasteiger partial charge on any atom is 0.128 e. The Morgan fingerprint density at radius 2 is 2.10 bits per heavy atom. The predicted molar refractivity (Wildman–Crippen MR) is 89.0 cm³/mol. The minimum atomic E-state index is 0.690. The molecule has 3 rings (SSSR count). The highest BCUT2D eigenvalue weighted by atomic mass is 35.5. The maximum atomic E-state index is 6.30. The average molecular weight is 308 g/mol. The highest BCUT2D eigenvalue weighted by molar-refractivity contribution is 6.31. The Bertz CT molecular complexity index is 473. The molecule has 0 amide bonds. The first-order valence-electron chi connectivity index (χ1n) is 8.40. The second kappa shape index (κ2) is 6.97. The van der Waals surface area contributed by atoms with Crippen LogP contribution in [0.2, 0.25) is 5.02 Å². The molecule has 116 valence electrons. The lowest BCUT2D eigenvalue weighted by molar-refractivity contribution is 0.459. The second-order valence-corrected chi connectivity index (χ2v) is 6.85. The summed E-state index contributed by atoms with van der Waals surface area (Å²) in [5, 5.41) is 4.29. The van der Waals surface area contributed by atoms with Gasteiger partial charge >= 0.3 is 0 Å². The summed E-state index contributed by atoms with van der Waals surface area (Å²) in [6.07, 6.45) is 7.81. The summed E-state index contributed by atoms with van der Waals surface area (Å²) in [4.78, 5) is 7.26. The van der Waals surface area contributed by atoms with Crippen molar-refractivity contribution in [3.05, 3.63) is 22.8 Å². The zero-order chi connectivity index (χ0) is 14.7. The molecule has 1 atom stereocenters. The molecule has 1 aromatic rings. The Kier molecular flexibility index (Phi) is 5.02. The van der Waals surface area contributed by atoms with Crippen molar-refractivity contribution in [2.24, 2.45) is 5.92 Å². The zero-order valence-corrected chi connectivity index (χ0v) is 13.7. The number of nitrogens with one attached hydrogen (secondary N) is 1. The van der Waals surface area contributed by atoms with E-state index in [4.69, 9.17) is 16.6 Å². The van der Waals surface area contributed by atoms with E-state index in [2.05, 4.69) is 23.2 Å². The third-order valence-electron chi connectivity index (χ3n) is 4.79. The molecule has 2 heterocycles. The molecule has 1 aliphatic carbocycles. The fourth-order valence-electron chi connectivity index (χ4n) is 3.10. The van der Waals surface area contributed by atoms with Gasteiger partial charge in [-0.1, -0.05) is 24.9 Å². The predicted octanol–water partition coefficient (Wildman–Crippen LogP) is 4.00. The molecule has 0 spiro atoms. The molecule has 1 unspecified atom stereocenters. The number of pyridine rings is 1. The summed E-state index contributed by atoms with van der Waals surface area (Å²) in [7, 11) is 0. The van der Waals surface area contributed by atoms with Gasteiger partial charge in [0.1, 0.15) is 5.82 Å². The quantitative estimate of drug-likeness (QED) is 0.891. The normalized spacial score (nSPS) is 23.1. The van der Waals surface area contributed by atoms with Crippen LogP contribution in [0.4, 0.5) is 5.82 Å². The molecule has 2 aliphatic rings. The van der Waals surface area contributed by atoms with Crippen LogP contribution in [0.5, 0.6) is 0 Å². The Hall–Kier alpha value is -0.800. The van der Waals surface area contributed by atoms with Crippen molar-refractivity contribution in [2.75, 3.05) is 18.0 Å². The number of halogens is 1. The molecule has 4 heteroatoms. The van der Waals surface area contributed by atoms with E-state index in [-0.39, 0.29) is 0 Å². The van der Waals surface area contributed by atoms with Gasteiger partial charge in [0.25, 0.3) is 0 Å². The van der Waals surface area contributed by atoms with Gasteiger partial charge in [-0.3, -0.25) is 0 Å². The topological polar surface area (TPSA) is 28.2 Å². The van der Waals surface area contributed by atoms with Crippen LogP contribution in [0.3, 0.4) is 0 Å². The molecule has 1 saturated carbocycles.